The van der Waals surface area contributed by atoms with Gasteiger partial charge in [0.05, 0.1) is 49.7 Å². The molecule has 14 aromatic carbocycles. The first-order valence-electron chi connectivity index (χ1n) is 37.7. The average molecular weight is 1420 g/mol. The number of para-hydroxylation sites is 10. The second-order valence-electron chi connectivity index (χ2n) is 31.0. The summed E-state index contributed by atoms with van der Waals surface area (Å²) < 4.78 is 18.0. The quantitative estimate of drug-likeness (QED) is 0.177. The number of hydrogen-bond acceptors (Lipinski definition) is 2. The topological polar surface area (TPSA) is 64.2 Å². The van der Waals surface area contributed by atoms with Crippen LogP contribution in [0.1, 0.15) is 52.7 Å². The maximum Gasteiger partial charge on any atom is 0.215 e. The van der Waals surface area contributed by atoms with Crippen LogP contribution in [0.3, 0.4) is 0 Å². The van der Waals surface area contributed by atoms with Gasteiger partial charge in [-0.25, -0.2) is 9.97 Å². The molecule has 22 rings (SSSR count). The second kappa shape index (κ2) is 26.7. The summed E-state index contributed by atoms with van der Waals surface area (Å²) in [5.74, 6) is 1.95. The molecule has 0 N–H and O–H groups in total. The van der Waals surface area contributed by atoms with E-state index in [2.05, 4.69) is 433 Å². The highest BCUT2D eigenvalue weighted by Gasteiger charge is 2.23. The summed E-state index contributed by atoms with van der Waals surface area (Å²) in [6.07, 6.45) is 0. The van der Waals surface area contributed by atoms with Gasteiger partial charge < -0.3 is 27.4 Å². The second-order valence-corrected chi connectivity index (χ2v) is 31.0. The highest BCUT2D eigenvalue weighted by Crippen LogP contribution is 2.41. The number of benzene rings is 14. The van der Waals surface area contributed by atoms with E-state index in [1.807, 2.05) is 6.07 Å². The summed E-state index contributed by atoms with van der Waals surface area (Å²) in [5.41, 5.74) is 28.6. The molecule has 0 amide bonds. The van der Waals surface area contributed by atoms with Crippen molar-refractivity contribution in [2.75, 3.05) is 0 Å². The summed E-state index contributed by atoms with van der Waals surface area (Å²) in [5, 5.41) is 10.5. The molecule has 0 saturated carbocycles. The summed E-state index contributed by atoms with van der Waals surface area (Å²) in [4.78, 5) is 9.84. The number of hydrogen-bond donors (Lipinski definition) is 0. The molecule has 22 aromatic rings. The Labute approximate surface area is 633 Å². The normalized spacial score (nSPS) is 12.0. The fourth-order valence-corrected chi connectivity index (χ4v) is 16.6. The molecular weight excluding hydrogens is 1330 g/mol. The van der Waals surface area contributed by atoms with Crippen LogP contribution in [-0.4, -0.2) is 46.2 Å². The van der Waals surface area contributed by atoms with Crippen molar-refractivity contribution < 1.29 is 0 Å². The zero-order valence-electron chi connectivity index (χ0n) is 63.6. The summed E-state index contributed by atoms with van der Waals surface area (Å²) in [6, 6.07) is 114. The monoisotopic (exact) mass is 1410 g/mol. The van der Waals surface area contributed by atoms with Crippen molar-refractivity contribution in [3.05, 3.63) is 333 Å². The lowest BCUT2D eigenvalue weighted by atomic mass is 9.85. The molecule has 8 aromatic heterocycles. The molecule has 0 atom stereocenters. The maximum absolute atomic E-state index is 5.17. The zero-order chi connectivity index (χ0) is 74.6. The molecule has 532 valence electrons. The number of nitrogens with zero attached hydrogens (tertiary/aromatic N) is 10. The van der Waals surface area contributed by atoms with Crippen LogP contribution in [0, 0.1) is 0 Å². The summed E-state index contributed by atoms with van der Waals surface area (Å²) >= 11 is 0. The summed E-state index contributed by atoms with van der Waals surface area (Å²) in [6.45, 7) is 13.7. The molecule has 8 heterocycles. The van der Waals surface area contributed by atoms with Crippen molar-refractivity contribution >= 4 is 143 Å². The third kappa shape index (κ3) is 11.6. The standard InChI is InChI=1S/C26H18N4.C25H19N.C21H27N.C14H11N3.C13H11N/c1-28-21-13-7-8-14-22(21)30-23-16-15-19-18-11-5-6-12-20(18)29(17-9-3-2-4-10-17)25(19)24(23)27-26(28)30;1-26-24-14-12-20(18-8-4-2-5-9-18)16-22(24)23-17-21(13-15-25(23)26)19-10-6-3-7-11-19;1-20(2,3)14-8-10-18-16(12-14)17-13-15(21(4,5)6)9-11-19(17)22(18)7;1-16-12-8-4-5-9-13(12)17-11-7-3-2-6-10(11)15-14(16)17;1-14-12-8-4-2-6-10(12)11-7-3-5-9-13(11)14/h2-16H,1H3;2-17H,1H3;8-13H,1-7H3;2-9H,1H3;2-9H,1H3. The Morgan fingerprint density at radius 3 is 1.04 bits per heavy atom. The molecule has 0 aliphatic carbocycles. The van der Waals surface area contributed by atoms with E-state index in [9.17, 15) is 0 Å². The molecule has 0 unspecified atom stereocenters. The van der Waals surface area contributed by atoms with Crippen LogP contribution in [0.5, 0.6) is 0 Å². The molecule has 0 fully saturated rings. The smallest absolute Gasteiger partial charge is 0.215 e. The van der Waals surface area contributed by atoms with Crippen molar-refractivity contribution in [3.8, 4) is 27.9 Å². The van der Waals surface area contributed by atoms with Crippen LogP contribution in [0.4, 0.5) is 0 Å². The van der Waals surface area contributed by atoms with Gasteiger partial charge in [-0.05, 0) is 172 Å². The minimum Gasteiger partial charge on any atom is -0.344 e. The van der Waals surface area contributed by atoms with E-state index in [1.165, 1.54) is 143 Å². The molecule has 109 heavy (non-hydrogen) atoms. The van der Waals surface area contributed by atoms with Crippen LogP contribution < -0.4 is 0 Å². The minimum absolute atomic E-state index is 0.179. The van der Waals surface area contributed by atoms with Crippen molar-refractivity contribution in [1.29, 1.82) is 0 Å². The number of aromatic nitrogens is 10. The molecule has 0 spiro atoms. The van der Waals surface area contributed by atoms with Gasteiger partial charge in [0, 0.05) is 117 Å². The van der Waals surface area contributed by atoms with Gasteiger partial charge in [0.15, 0.2) is 0 Å². The molecule has 0 aliphatic rings. The number of imidazole rings is 4. The van der Waals surface area contributed by atoms with Gasteiger partial charge in [0.2, 0.25) is 11.6 Å². The Morgan fingerprint density at radius 1 is 0.229 bits per heavy atom. The number of aryl methyl sites for hydroxylation is 5. The van der Waals surface area contributed by atoms with E-state index in [0.29, 0.717) is 0 Å². The maximum atomic E-state index is 5.17. The first-order valence-corrected chi connectivity index (χ1v) is 37.7. The lowest BCUT2D eigenvalue weighted by Crippen LogP contribution is -2.10. The number of fused-ring (bicyclic) bond motifs is 23. The highest BCUT2D eigenvalue weighted by molar-refractivity contribution is 6.18. The summed E-state index contributed by atoms with van der Waals surface area (Å²) in [7, 11) is 10.6. The zero-order valence-corrected chi connectivity index (χ0v) is 63.6. The predicted octanol–water partition coefficient (Wildman–Crippen LogP) is 25.0. The van der Waals surface area contributed by atoms with Gasteiger partial charge in [0.1, 0.15) is 5.52 Å². The molecular formula is C99H86N10. The minimum atomic E-state index is 0.179. The third-order valence-electron chi connectivity index (χ3n) is 22.3. The first kappa shape index (κ1) is 67.7. The SMILES string of the molecule is Cn1c2ccc(-c3ccccc3)cc2c2cc(-c3ccccc3)ccc21.Cn1c2ccc(C(C)(C)C)cc2c2cc(C(C)(C)C)ccc21.Cn1c2ccccc2c2ccccc21.Cn1c2ccccc2n2c3ccc4c5ccccc5n(-c5ccccc5)c4c3nc12.Cn1c2ccccc2n2c3ccccc3nc12. The van der Waals surface area contributed by atoms with E-state index in [4.69, 9.17) is 4.98 Å². The van der Waals surface area contributed by atoms with Crippen LogP contribution in [0.15, 0.2) is 322 Å². The first-order chi connectivity index (χ1) is 53.0. The number of rotatable bonds is 3. The largest absolute Gasteiger partial charge is 0.344 e. The molecule has 10 nitrogen and oxygen atoms in total. The predicted molar refractivity (Wildman–Crippen MR) is 462 cm³/mol. The fourth-order valence-electron chi connectivity index (χ4n) is 16.6. The molecule has 10 heteroatoms. The van der Waals surface area contributed by atoms with Crippen molar-refractivity contribution in [2.45, 2.75) is 52.4 Å². The van der Waals surface area contributed by atoms with Gasteiger partial charge in [-0.2, -0.15) is 0 Å². The van der Waals surface area contributed by atoms with Crippen molar-refractivity contribution in [3.63, 3.8) is 0 Å². The Hall–Kier alpha value is -13.2. The van der Waals surface area contributed by atoms with Crippen LogP contribution in [0.25, 0.3) is 171 Å². The lowest BCUT2D eigenvalue weighted by Gasteiger charge is -2.19. The average Bonchev–Trinajstić information content (AvgIpc) is 1.54. The van der Waals surface area contributed by atoms with E-state index in [-0.39, 0.29) is 10.8 Å². The Balaban J connectivity index is 0.0000000981. The van der Waals surface area contributed by atoms with E-state index in [0.717, 1.165) is 39.3 Å². The van der Waals surface area contributed by atoms with Gasteiger partial charge in [-0.15, -0.1) is 0 Å². The van der Waals surface area contributed by atoms with Gasteiger partial charge >= 0.3 is 0 Å². The Kier molecular flexibility index (Phi) is 16.6. The van der Waals surface area contributed by atoms with Crippen LogP contribution in [0.2, 0.25) is 0 Å². The van der Waals surface area contributed by atoms with Gasteiger partial charge in [-0.3, -0.25) is 8.80 Å². The highest BCUT2D eigenvalue weighted by atomic mass is 15.2. The Morgan fingerprint density at radius 2 is 0.569 bits per heavy atom. The van der Waals surface area contributed by atoms with Gasteiger partial charge in [-0.1, -0.05) is 236 Å². The molecule has 0 aliphatic heterocycles. The van der Waals surface area contributed by atoms with Crippen LogP contribution in [-0.2, 0) is 46.1 Å². The van der Waals surface area contributed by atoms with Crippen LogP contribution >= 0.6 is 0 Å². The lowest BCUT2D eigenvalue weighted by molar-refractivity contribution is 0.590. The molecule has 0 radical (unpaired) electrons. The molecule has 0 bridgehead atoms. The third-order valence-corrected chi connectivity index (χ3v) is 22.3. The van der Waals surface area contributed by atoms with Gasteiger partial charge in [0.25, 0.3) is 0 Å². The fraction of sp³-hybridized carbons (Fsp3) is 0.131. The van der Waals surface area contributed by atoms with Crippen molar-refractivity contribution in [2.24, 2.45) is 35.2 Å². The van der Waals surface area contributed by atoms with E-state index in [1.54, 1.807) is 0 Å². The molecule has 0 saturated heterocycles. The Bertz CT molecular complexity index is 7010. The van der Waals surface area contributed by atoms with E-state index >= 15 is 0 Å². The van der Waals surface area contributed by atoms with Crippen molar-refractivity contribution in [1.82, 2.24) is 46.2 Å². The van der Waals surface area contributed by atoms with E-state index < -0.39 is 0 Å².